The highest BCUT2D eigenvalue weighted by Crippen LogP contribution is 2.49. The Hall–Kier alpha value is -2.10. The van der Waals surface area contributed by atoms with Gasteiger partial charge in [-0.1, -0.05) is 0 Å². The Morgan fingerprint density at radius 3 is 1.46 bits per heavy atom. The third kappa shape index (κ3) is 5.24. The van der Waals surface area contributed by atoms with Gasteiger partial charge in [0.1, 0.15) is 5.75 Å². The van der Waals surface area contributed by atoms with Crippen molar-refractivity contribution in [3.05, 3.63) is 35.6 Å². The van der Waals surface area contributed by atoms with Crippen molar-refractivity contribution in [3.8, 4) is 5.75 Å². The Bertz CT molecular complexity index is 830. The fraction of sp³-hybridized carbons (Fsp3) is 0.333. The lowest BCUT2D eigenvalue weighted by molar-refractivity contribution is -0.277. The summed E-state index contributed by atoms with van der Waals surface area (Å²) in [5.74, 6) is -12.0. The van der Waals surface area contributed by atoms with Gasteiger partial charge in [-0.25, -0.2) is 0 Å². The van der Waals surface area contributed by atoms with Crippen LogP contribution in [0.1, 0.15) is 0 Å². The summed E-state index contributed by atoms with van der Waals surface area (Å²) in [7, 11) is -4.92. The van der Waals surface area contributed by atoms with Gasteiger partial charge in [-0.3, -0.25) is 4.55 Å². The summed E-state index contributed by atoms with van der Waals surface area (Å²) in [6, 6.07) is 0.851. The zero-order chi connectivity index (χ0) is 22.3. The smallest absolute Gasteiger partial charge is 0.454 e. The van der Waals surface area contributed by atoms with Gasteiger partial charge in [0.2, 0.25) is 5.76 Å². The number of allylic oxidation sites excluding steroid dienone is 2. The molecule has 0 saturated heterocycles. The van der Waals surface area contributed by atoms with Gasteiger partial charge in [0.05, 0.1) is 4.90 Å². The van der Waals surface area contributed by atoms with Crippen molar-refractivity contribution in [2.75, 3.05) is 0 Å². The second-order valence-corrected chi connectivity index (χ2v) is 6.24. The summed E-state index contributed by atoms with van der Waals surface area (Å²) in [5.41, 5.74) is -4.25. The van der Waals surface area contributed by atoms with Crippen molar-refractivity contribution in [2.24, 2.45) is 0 Å². The number of ether oxygens (including phenoxy) is 1. The highest BCUT2D eigenvalue weighted by atomic mass is 32.2. The van der Waals surface area contributed by atoms with Crippen molar-refractivity contribution >= 4 is 10.1 Å². The Labute approximate surface area is 147 Å². The van der Waals surface area contributed by atoms with Crippen molar-refractivity contribution in [1.82, 2.24) is 0 Å². The molecule has 0 aromatic heterocycles. The lowest BCUT2D eigenvalue weighted by Gasteiger charge is -2.27. The van der Waals surface area contributed by atoms with Crippen LogP contribution in [0, 0.1) is 0 Å². The molecule has 0 radical (unpaired) electrons. The van der Waals surface area contributed by atoms with E-state index >= 15 is 0 Å². The van der Waals surface area contributed by atoms with E-state index in [0.717, 1.165) is 0 Å². The summed E-state index contributed by atoms with van der Waals surface area (Å²) in [5, 5.41) is 0. The molecular formula is C12H5F11O4S. The molecule has 1 aromatic carbocycles. The molecule has 0 saturated carbocycles. The standard InChI is InChI=1S/C12H5F11O4S/c13-9(14,12(21,22)23)8(7(10(15,16)17)11(18,19)20)27-5-1-3-6(4-2-5)28(24,25)26/h1-4H,(H,24,25,26). The zero-order valence-electron chi connectivity index (χ0n) is 12.5. The molecule has 0 amide bonds. The minimum absolute atomic E-state index is 0.153. The maximum absolute atomic E-state index is 13.4. The van der Waals surface area contributed by atoms with E-state index in [1.54, 1.807) is 0 Å². The molecule has 0 spiro atoms. The van der Waals surface area contributed by atoms with E-state index in [0.29, 0.717) is 0 Å². The van der Waals surface area contributed by atoms with Gasteiger partial charge in [-0.15, -0.1) is 0 Å². The highest BCUT2D eigenvalue weighted by molar-refractivity contribution is 7.85. The number of alkyl halides is 11. The predicted molar refractivity (Wildman–Crippen MR) is 67.0 cm³/mol. The zero-order valence-corrected chi connectivity index (χ0v) is 13.4. The van der Waals surface area contributed by atoms with E-state index in [9.17, 15) is 56.7 Å². The van der Waals surface area contributed by atoms with E-state index in [1.807, 2.05) is 0 Å². The van der Waals surface area contributed by atoms with Crippen LogP contribution in [0.5, 0.6) is 5.75 Å². The molecule has 0 aliphatic heterocycles. The Balaban J connectivity index is 3.73. The lowest BCUT2D eigenvalue weighted by atomic mass is 10.1. The second kappa shape index (κ2) is 7.06. The van der Waals surface area contributed by atoms with Gasteiger partial charge in [-0.2, -0.15) is 56.7 Å². The molecule has 1 aromatic rings. The Kier molecular flexibility index (Phi) is 6.03. The van der Waals surface area contributed by atoms with Crippen LogP contribution in [0.2, 0.25) is 0 Å². The molecule has 28 heavy (non-hydrogen) atoms. The summed E-state index contributed by atoms with van der Waals surface area (Å²) in [4.78, 5) is -1.00. The largest absolute Gasteiger partial charge is 0.461 e. The quantitative estimate of drug-likeness (QED) is 0.400. The van der Waals surface area contributed by atoms with Crippen LogP contribution < -0.4 is 4.74 Å². The molecule has 0 aliphatic carbocycles. The van der Waals surface area contributed by atoms with Crippen LogP contribution in [0.4, 0.5) is 48.3 Å². The van der Waals surface area contributed by atoms with Crippen LogP contribution >= 0.6 is 0 Å². The molecule has 4 nitrogen and oxygen atoms in total. The summed E-state index contributed by atoms with van der Waals surface area (Å²) < 4.78 is 174. The SMILES string of the molecule is O=S(=O)(O)c1ccc(OC(=C(C(F)(F)F)C(F)(F)F)C(F)(F)C(F)(F)F)cc1. The van der Waals surface area contributed by atoms with E-state index in [1.165, 1.54) is 0 Å². The molecule has 0 fully saturated rings. The second-order valence-electron chi connectivity index (χ2n) is 4.82. The van der Waals surface area contributed by atoms with Gasteiger partial charge < -0.3 is 4.74 Å². The minimum atomic E-state index is -6.90. The third-order valence-electron chi connectivity index (χ3n) is 2.78. The maximum Gasteiger partial charge on any atom is 0.461 e. The highest BCUT2D eigenvalue weighted by Gasteiger charge is 2.68. The van der Waals surface area contributed by atoms with E-state index < -0.39 is 56.5 Å². The molecule has 1 rings (SSSR count). The number of rotatable bonds is 4. The van der Waals surface area contributed by atoms with Crippen molar-refractivity contribution < 1.29 is 66.0 Å². The van der Waals surface area contributed by atoms with Gasteiger partial charge in [-0.05, 0) is 24.3 Å². The minimum Gasteiger partial charge on any atom is -0.454 e. The van der Waals surface area contributed by atoms with Gasteiger partial charge in [0, 0.05) is 0 Å². The third-order valence-corrected chi connectivity index (χ3v) is 3.64. The van der Waals surface area contributed by atoms with Crippen LogP contribution in [-0.4, -0.2) is 37.4 Å². The fourth-order valence-electron chi connectivity index (χ4n) is 1.62. The number of hydrogen-bond acceptors (Lipinski definition) is 3. The van der Waals surface area contributed by atoms with E-state index in [4.69, 9.17) is 4.55 Å². The predicted octanol–water partition coefficient (Wildman–Crippen LogP) is 4.89. The summed E-state index contributed by atoms with van der Waals surface area (Å²) >= 11 is 0. The van der Waals surface area contributed by atoms with E-state index in [-0.39, 0.29) is 24.3 Å². The van der Waals surface area contributed by atoms with Gasteiger partial charge in [0.25, 0.3) is 10.1 Å². The topological polar surface area (TPSA) is 63.6 Å². The normalized spacial score (nSPS) is 14.0. The fourth-order valence-corrected chi connectivity index (χ4v) is 2.10. The molecule has 0 atom stereocenters. The van der Waals surface area contributed by atoms with Crippen molar-refractivity contribution in [2.45, 2.75) is 29.3 Å². The summed E-state index contributed by atoms with van der Waals surface area (Å²) in [6.45, 7) is 0. The lowest BCUT2D eigenvalue weighted by Crippen LogP contribution is -2.44. The van der Waals surface area contributed by atoms with Crippen LogP contribution in [0.25, 0.3) is 0 Å². The first-order valence-corrected chi connectivity index (χ1v) is 7.72. The number of hydrogen-bond donors (Lipinski definition) is 1. The molecule has 0 aliphatic rings. The molecular weight excluding hydrogens is 449 g/mol. The van der Waals surface area contributed by atoms with Gasteiger partial charge >= 0.3 is 24.5 Å². The van der Waals surface area contributed by atoms with Gasteiger partial charge in [0.15, 0.2) is 5.57 Å². The van der Waals surface area contributed by atoms with Crippen LogP contribution in [0.3, 0.4) is 0 Å². The average Bonchev–Trinajstić information content (AvgIpc) is 2.41. The summed E-state index contributed by atoms with van der Waals surface area (Å²) in [6.07, 6.45) is -20.4. The van der Waals surface area contributed by atoms with Crippen molar-refractivity contribution in [1.29, 1.82) is 0 Å². The molecule has 16 heteroatoms. The molecule has 0 heterocycles. The molecule has 1 N–H and O–H groups in total. The molecule has 0 bridgehead atoms. The monoisotopic (exact) mass is 454 g/mol. The first-order chi connectivity index (χ1) is 12.2. The Morgan fingerprint density at radius 1 is 0.786 bits per heavy atom. The first kappa shape index (κ1) is 23.9. The Morgan fingerprint density at radius 2 is 1.18 bits per heavy atom. The molecule has 160 valence electrons. The number of benzene rings is 1. The first-order valence-electron chi connectivity index (χ1n) is 6.28. The van der Waals surface area contributed by atoms with Crippen LogP contribution in [0.15, 0.2) is 40.5 Å². The number of halogens is 11. The average molecular weight is 454 g/mol. The van der Waals surface area contributed by atoms with Crippen molar-refractivity contribution in [3.63, 3.8) is 0 Å². The van der Waals surface area contributed by atoms with E-state index in [2.05, 4.69) is 4.74 Å². The molecule has 0 unspecified atom stereocenters. The maximum atomic E-state index is 13.4. The van der Waals surface area contributed by atoms with Crippen LogP contribution in [-0.2, 0) is 10.1 Å².